The molecular weight excluding hydrogens is 246 g/mol. The molecule has 3 heteroatoms. The molecule has 1 aromatic heterocycles. The van der Waals surface area contributed by atoms with Crippen LogP contribution in [0.4, 0.5) is 0 Å². The molecule has 1 atom stereocenters. The van der Waals surface area contributed by atoms with Gasteiger partial charge in [-0.3, -0.25) is 9.88 Å². The molecular formula is C17H27N3. The van der Waals surface area contributed by atoms with Crippen molar-refractivity contribution < 1.29 is 0 Å². The van der Waals surface area contributed by atoms with Gasteiger partial charge in [-0.05, 0) is 68.3 Å². The zero-order valence-corrected chi connectivity index (χ0v) is 12.6. The van der Waals surface area contributed by atoms with Crippen molar-refractivity contribution in [2.45, 2.75) is 51.5 Å². The van der Waals surface area contributed by atoms with Crippen molar-refractivity contribution in [1.82, 2.24) is 9.88 Å². The lowest BCUT2D eigenvalue weighted by atomic mass is 9.76. The maximum absolute atomic E-state index is 6.08. The third kappa shape index (κ3) is 2.61. The van der Waals surface area contributed by atoms with E-state index in [-0.39, 0.29) is 0 Å². The average Bonchev–Trinajstić information content (AvgIpc) is 2.92. The number of hydrogen-bond acceptors (Lipinski definition) is 3. The number of piperidine rings is 1. The average molecular weight is 273 g/mol. The number of likely N-dealkylation sites (tertiary alicyclic amines) is 1. The number of rotatable bonds is 3. The van der Waals surface area contributed by atoms with Gasteiger partial charge in [0.1, 0.15) is 0 Å². The van der Waals surface area contributed by atoms with Crippen LogP contribution in [0.1, 0.15) is 55.7 Å². The molecule has 2 N–H and O–H groups in total. The molecule has 1 saturated carbocycles. The molecule has 110 valence electrons. The Morgan fingerprint density at radius 1 is 1.25 bits per heavy atom. The molecule has 2 heterocycles. The topological polar surface area (TPSA) is 42.1 Å². The Morgan fingerprint density at radius 3 is 2.55 bits per heavy atom. The van der Waals surface area contributed by atoms with E-state index in [0.29, 0.717) is 18.0 Å². The highest BCUT2D eigenvalue weighted by atomic mass is 15.2. The maximum Gasteiger partial charge on any atom is 0.0488 e. The molecule has 3 nitrogen and oxygen atoms in total. The first-order chi connectivity index (χ1) is 9.74. The molecule has 1 saturated heterocycles. The van der Waals surface area contributed by atoms with Crippen molar-refractivity contribution in [3.63, 3.8) is 0 Å². The quantitative estimate of drug-likeness (QED) is 0.920. The fourth-order valence-electron chi connectivity index (χ4n) is 4.23. The minimum Gasteiger partial charge on any atom is -0.329 e. The van der Waals surface area contributed by atoms with Crippen LogP contribution in [0.25, 0.3) is 0 Å². The molecule has 0 radical (unpaired) electrons. The summed E-state index contributed by atoms with van der Waals surface area (Å²) in [6.45, 7) is 5.27. The van der Waals surface area contributed by atoms with E-state index in [1.807, 2.05) is 12.4 Å². The Kier molecular flexibility index (Phi) is 4.08. The van der Waals surface area contributed by atoms with Gasteiger partial charge < -0.3 is 5.73 Å². The van der Waals surface area contributed by atoms with Crippen molar-refractivity contribution in [2.75, 3.05) is 19.6 Å². The van der Waals surface area contributed by atoms with Gasteiger partial charge in [-0.1, -0.05) is 12.8 Å². The summed E-state index contributed by atoms with van der Waals surface area (Å²) in [4.78, 5) is 6.89. The van der Waals surface area contributed by atoms with E-state index in [0.717, 1.165) is 0 Å². The van der Waals surface area contributed by atoms with Crippen LogP contribution in [0, 0.1) is 12.3 Å². The van der Waals surface area contributed by atoms with Gasteiger partial charge in [0.25, 0.3) is 0 Å². The van der Waals surface area contributed by atoms with Crippen molar-refractivity contribution in [2.24, 2.45) is 11.1 Å². The second-order valence-corrected chi connectivity index (χ2v) is 6.73. The van der Waals surface area contributed by atoms with E-state index in [2.05, 4.69) is 22.9 Å². The van der Waals surface area contributed by atoms with E-state index < -0.39 is 0 Å². The minimum atomic E-state index is 0.349. The lowest BCUT2D eigenvalue weighted by Crippen LogP contribution is -2.43. The van der Waals surface area contributed by atoms with Crippen molar-refractivity contribution in [1.29, 1.82) is 0 Å². The van der Waals surface area contributed by atoms with Gasteiger partial charge in [-0.2, -0.15) is 0 Å². The predicted molar refractivity (Wildman–Crippen MR) is 82.5 cm³/mol. The summed E-state index contributed by atoms with van der Waals surface area (Å²) in [6.07, 6.45) is 12.4. The first-order valence-electron chi connectivity index (χ1n) is 8.09. The zero-order chi connectivity index (χ0) is 14.0. The molecule has 3 rings (SSSR count). The SMILES string of the molecule is Cc1ccncc1C(CN)N1CCC2(CCCC2)CC1. The number of nitrogens with zero attached hydrogens (tertiary/aromatic N) is 2. The van der Waals surface area contributed by atoms with Gasteiger partial charge in [0, 0.05) is 25.0 Å². The van der Waals surface area contributed by atoms with Gasteiger partial charge >= 0.3 is 0 Å². The van der Waals surface area contributed by atoms with Gasteiger partial charge in [-0.25, -0.2) is 0 Å². The van der Waals surface area contributed by atoms with E-state index in [9.17, 15) is 0 Å². The minimum absolute atomic E-state index is 0.349. The number of aromatic nitrogens is 1. The highest BCUT2D eigenvalue weighted by molar-refractivity contribution is 5.25. The first-order valence-corrected chi connectivity index (χ1v) is 8.09. The summed E-state index contributed by atoms with van der Waals surface area (Å²) < 4.78 is 0. The number of aryl methyl sites for hydroxylation is 1. The van der Waals surface area contributed by atoms with Crippen molar-refractivity contribution in [3.05, 3.63) is 29.6 Å². The Bertz CT molecular complexity index is 441. The van der Waals surface area contributed by atoms with Crippen LogP contribution in [-0.4, -0.2) is 29.5 Å². The van der Waals surface area contributed by atoms with Gasteiger partial charge in [0.05, 0.1) is 0 Å². The zero-order valence-electron chi connectivity index (χ0n) is 12.6. The Hall–Kier alpha value is -0.930. The van der Waals surface area contributed by atoms with E-state index in [1.165, 1.54) is 62.7 Å². The molecule has 20 heavy (non-hydrogen) atoms. The van der Waals surface area contributed by atoms with Crippen LogP contribution < -0.4 is 5.73 Å². The van der Waals surface area contributed by atoms with Crippen LogP contribution in [0.15, 0.2) is 18.5 Å². The van der Waals surface area contributed by atoms with E-state index >= 15 is 0 Å². The molecule has 2 aliphatic rings. The monoisotopic (exact) mass is 273 g/mol. The summed E-state index contributed by atoms with van der Waals surface area (Å²) in [5, 5.41) is 0. The number of hydrogen-bond donors (Lipinski definition) is 1. The molecule has 1 aliphatic heterocycles. The van der Waals surface area contributed by atoms with Crippen LogP contribution in [0.3, 0.4) is 0 Å². The molecule has 0 aromatic carbocycles. The molecule has 0 amide bonds. The second-order valence-electron chi connectivity index (χ2n) is 6.73. The van der Waals surface area contributed by atoms with Crippen molar-refractivity contribution >= 4 is 0 Å². The Balaban J connectivity index is 1.71. The highest BCUT2D eigenvalue weighted by Crippen LogP contribution is 2.47. The molecule has 0 bridgehead atoms. The molecule has 1 unspecified atom stereocenters. The number of nitrogens with two attached hydrogens (primary N) is 1. The number of pyridine rings is 1. The van der Waals surface area contributed by atoms with Gasteiger partial charge in [-0.15, -0.1) is 0 Å². The van der Waals surface area contributed by atoms with E-state index in [4.69, 9.17) is 5.73 Å². The molecule has 1 aliphatic carbocycles. The molecule has 2 fully saturated rings. The van der Waals surface area contributed by atoms with Crippen LogP contribution in [0.5, 0.6) is 0 Å². The Morgan fingerprint density at radius 2 is 1.95 bits per heavy atom. The normalized spacial score (nSPS) is 24.1. The third-order valence-corrected chi connectivity index (χ3v) is 5.63. The van der Waals surface area contributed by atoms with Gasteiger partial charge in [0.2, 0.25) is 0 Å². The largest absolute Gasteiger partial charge is 0.329 e. The fraction of sp³-hybridized carbons (Fsp3) is 0.706. The van der Waals surface area contributed by atoms with Gasteiger partial charge in [0.15, 0.2) is 0 Å². The Labute approximate surface area is 122 Å². The highest BCUT2D eigenvalue weighted by Gasteiger charge is 2.38. The van der Waals surface area contributed by atoms with Crippen molar-refractivity contribution in [3.8, 4) is 0 Å². The van der Waals surface area contributed by atoms with Crippen LogP contribution in [0.2, 0.25) is 0 Å². The summed E-state index contributed by atoms with van der Waals surface area (Å²) in [5.41, 5.74) is 9.39. The standard InChI is InChI=1S/C17H27N3/c1-14-4-9-19-13-15(14)16(12-18)20-10-7-17(8-11-20)5-2-3-6-17/h4,9,13,16H,2-3,5-8,10-12,18H2,1H3. The molecule has 1 aromatic rings. The summed E-state index contributed by atoms with van der Waals surface area (Å²) in [5.74, 6) is 0. The predicted octanol–water partition coefficient (Wildman–Crippen LogP) is 3.05. The summed E-state index contributed by atoms with van der Waals surface area (Å²) in [6, 6.07) is 2.45. The summed E-state index contributed by atoms with van der Waals surface area (Å²) in [7, 11) is 0. The smallest absolute Gasteiger partial charge is 0.0488 e. The second kappa shape index (κ2) is 5.82. The summed E-state index contributed by atoms with van der Waals surface area (Å²) >= 11 is 0. The lowest BCUT2D eigenvalue weighted by molar-refractivity contribution is 0.0777. The maximum atomic E-state index is 6.08. The van der Waals surface area contributed by atoms with E-state index in [1.54, 1.807) is 0 Å². The lowest BCUT2D eigenvalue weighted by Gasteiger charge is -2.43. The first kappa shape index (κ1) is 14.0. The van der Waals surface area contributed by atoms with Crippen LogP contribution in [-0.2, 0) is 0 Å². The molecule has 1 spiro atoms. The fourth-order valence-corrected chi connectivity index (χ4v) is 4.23. The van der Waals surface area contributed by atoms with Crippen LogP contribution >= 0.6 is 0 Å². The third-order valence-electron chi connectivity index (χ3n) is 5.63.